The molecule has 0 fully saturated rings. The molecule has 1 aliphatic carbocycles. The van der Waals surface area contributed by atoms with Crippen LogP contribution in [0, 0.1) is 0 Å². The van der Waals surface area contributed by atoms with Crippen LogP contribution in [-0.4, -0.2) is 0 Å². The third-order valence-corrected chi connectivity index (χ3v) is 1.11. The van der Waals surface area contributed by atoms with E-state index in [2.05, 4.69) is 36.5 Å². The molecule has 0 atom stereocenters. The van der Waals surface area contributed by atoms with E-state index in [1.807, 2.05) is 0 Å². The Balaban J connectivity index is 2.51. The van der Waals surface area contributed by atoms with Gasteiger partial charge in [0.25, 0.3) is 0 Å². The molecule has 8 heavy (non-hydrogen) atoms. The van der Waals surface area contributed by atoms with E-state index < -0.39 is 0 Å². The van der Waals surface area contributed by atoms with Crippen LogP contribution >= 0.6 is 0 Å². The molecule has 0 saturated carbocycles. The van der Waals surface area contributed by atoms with Crippen molar-refractivity contribution in [3.8, 4) is 0 Å². The van der Waals surface area contributed by atoms with Crippen molar-refractivity contribution in [2.24, 2.45) is 0 Å². The third kappa shape index (κ3) is 1.78. The van der Waals surface area contributed by atoms with Crippen molar-refractivity contribution in [2.45, 2.75) is 12.8 Å². The molecular formula is C8H10. The Morgan fingerprint density at radius 1 is 0.625 bits per heavy atom. The van der Waals surface area contributed by atoms with Crippen LogP contribution in [0.5, 0.6) is 0 Å². The lowest BCUT2D eigenvalue weighted by atomic mass is 10.2. The summed E-state index contributed by atoms with van der Waals surface area (Å²) in [6.45, 7) is 0. The van der Waals surface area contributed by atoms with Crippen LogP contribution in [0.3, 0.4) is 0 Å². The summed E-state index contributed by atoms with van der Waals surface area (Å²) in [7, 11) is 0. The SMILES string of the molecule is C1=C\C=C\CC/C=C/1. The molecule has 0 bridgehead atoms. The normalized spacial score (nSPS) is 30.0. The van der Waals surface area contributed by atoms with E-state index in [-0.39, 0.29) is 0 Å². The van der Waals surface area contributed by atoms with Crippen molar-refractivity contribution in [1.82, 2.24) is 0 Å². The molecule has 0 aromatic carbocycles. The van der Waals surface area contributed by atoms with Crippen LogP contribution in [0.25, 0.3) is 0 Å². The summed E-state index contributed by atoms with van der Waals surface area (Å²) in [4.78, 5) is 0. The van der Waals surface area contributed by atoms with Gasteiger partial charge in [0.1, 0.15) is 0 Å². The van der Waals surface area contributed by atoms with Gasteiger partial charge >= 0.3 is 0 Å². The molecule has 0 radical (unpaired) electrons. The minimum absolute atomic E-state index is 1.18. The van der Waals surface area contributed by atoms with Gasteiger partial charge in [0.2, 0.25) is 0 Å². The van der Waals surface area contributed by atoms with E-state index in [1.165, 1.54) is 12.8 Å². The molecule has 1 rings (SSSR count). The maximum atomic E-state index is 2.18. The second kappa shape index (κ2) is 3.25. The highest BCUT2D eigenvalue weighted by atomic mass is 13.8. The van der Waals surface area contributed by atoms with Gasteiger partial charge in [-0.25, -0.2) is 0 Å². The van der Waals surface area contributed by atoms with Gasteiger partial charge in [-0.3, -0.25) is 0 Å². The highest BCUT2D eigenvalue weighted by Gasteiger charge is 1.75. The minimum atomic E-state index is 1.18. The molecule has 0 aromatic rings. The Kier molecular flexibility index (Phi) is 2.18. The second-order valence-corrected chi connectivity index (χ2v) is 1.82. The zero-order chi connectivity index (χ0) is 5.66. The molecule has 0 unspecified atom stereocenters. The highest BCUT2D eigenvalue weighted by molar-refractivity contribution is 5.13. The van der Waals surface area contributed by atoms with Gasteiger partial charge in [-0.1, -0.05) is 36.5 Å². The zero-order valence-corrected chi connectivity index (χ0v) is 4.88. The van der Waals surface area contributed by atoms with Gasteiger partial charge in [-0.15, -0.1) is 0 Å². The molecule has 1 aliphatic rings. The number of rotatable bonds is 0. The lowest BCUT2D eigenvalue weighted by molar-refractivity contribution is 1.05. The summed E-state index contributed by atoms with van der Waals surface area (Å²) in [5, 5.41) is 0. The van der Waals surface area contributed by atoms with Crippen LogP contribution in [0.4, 0.5) is 0 Å². The molecular weight excluding hydrogens is 96.1 g/mol. The molecule has 0 aliphatic heterocycles. The topological polar surface area (TPSA) is 0 Å². The van der Waals surface area contributed by atoms with Crippen molar-refractivity contribution in [2.75, 3.05) is 0 Å². The van der Waals surface area contributed by atoms with Gasteiger partial charge in [-0.05, 0) is 12.8 Å². The molecule has 42 valence electrons. The first-order valence-electron chi connectivity index (χ1n) is 2.98. The maximum absolute atomic E-state index is 2.18. The predicted octanol–water partition coefficient (Wildman–Crippen LogP) is 2.45. The largest absolute Gasteiger partial charge is 0.0842 e. The standard InChI is InChI=1S/C8H10/c1-2-4-6-8-7-5-3-1/h1-6H,7-8H2/b2-1-,5-3+,6-4+. The Morgan fingerprint density at radius 3 is 1.62 bits per heavy atom. The maximum Gasteiger partial charge on any atom is -0.0313 e. The van der Waals surface area contributed by atoms with E-state index in [0.717, 1.165) is 0 Å². The van der Waals surface area contributed by atoms with Gasteiger partial charge in [0.05, 0.1) is 0 Å². The number of hydrogen-bond donors (Lipinski definition) is 0. The fraction of sp³-hybridized carbons (Fsp3) is 0.250. The van der Waals surface area contributed by atoms with Crippen molar-refractivity contribution in [1.29, 1.82) is 0 Å². The van der Waals surface area contributed by atoms with Crippen molar-refractivity contribution < 1.29 is 0 Å². The molecule has 0 N–H and O–H groups in total. The van der Waals surface area contributed by atoms with Crippen LogP contribution in [0.2, 0.25) is 0 Å². The molecule has 0 aromatic heterocycles. The summed E-state index contributed by atoms with van der Waals surface area (Å²) in [5.41, 5.74) is 0. The Morgan fingerprint density at radius 2 is 1.12 bits per heavy atom. The molecule has 0 amide bonds. The smallest absolute Gasteiger partial charge is 0.0313 e. The van der Waals surface area contributed by atoms with E-state index in [9.17, 15) is 0 Å². The molecule has 0 nitrogen and oxygen atoms in total. The Hall–Kier alpha value is -0.780. The molecule has 0 saturated heterocycles. The van der Waals surface area contributed by atoms with E-state index in [1.54, 1.807) is 0 Å². The van der Waals surface area contributed by atoms with Crippen LogP contribution in [0.15, 0.2) is 36.5 Å². The van der Waals surface area contributed by atoms with Crippen molar-refractivity contribution >= 4 is 0 Å². The van der Waals surface area contributed by atoms with Crippen LogP contribution < -0.4 is 0 Å². The van der Waals surface area contributed by atoms with E-state index in [4.69, 9.17) is 0 Å². The van der Waals surface area contributed by atoms with Crippen LogP contribution in [-0.2, 0) is 0 Å². The van der Waals surface area contributed by atoms with Gasteiger partial charge in [0.15, 0.2) is 0 Å². The van der Waals surface area contributed by atoms with E-state index >= 15 is 0 Å². The third-order valence-electron chi connectivity index (χ3n) is 1.11. The predicted molar refractivity (Wildman–Crippen MR) is 36.7 cm³/mol. The van der Waals surface area contributed by atoms with Crippen LogP contribution in [0.1, 0.15) is 12.8 Å². The summed E-state index contributed by atoms with van der Waals surface area (Å²) >= 11 is 0. The fourth-order valence-corrected chi connectivity index (χ4v) is 0.670. The van der Waals surface area contributed by atoms with E-state index in [0.29, 0.717) is 0 Å². The summed E-state index contributed by atoms with van der Waals surface area (Å²) in [6, 6.07) is 0. The van der Waals surface area contributed by atoms with Gasteiger partial charge in [0, 0.05) is 0 Å². The Bertz CT molecular complexity index is 111. The summed E-state index contributed by atoms with van der Waals surface area (Å²) in [5.74, 6) is 0. The first-order valence-corrected chi connectivity index (χ1v) is 2.98. The average Bonchev–Trinajstić information content (AvgIpc) is 1.62. The van der Waals surface area contributed by atoms with Gasteiger partial charge in [-0.2, -0.15) is 0 Å². The average molecular weight is 106 g/mol. The Labute approximate surface area is 50.2 Å². The first kappa shape index (κ1) is 5.36. The van der Waals surface area contributed by atoms with Gasteiger partial charge < -0.3 is 0 Å². The first-order chi connectivity index (χ1) is 4.00. The molecule has 0 heteroatoms. The fourth-order valence-electron chi connectivity index (χ4n) is 0.670. The minimum Gasteiger partial charge on any atom is -0.0842 e. The quantitative estimate of drug-likeness (QED) is 0.445. The lowest BCUT2D eigenvalue weighted by Crippen LogP contribution is -1.65. The molecule has 0 heterocycles. The highest BCUT2D eigenvalue weighted by Crippen LogP contribution is 1.96. The molecule has 0 spiro atoms. The number of allylic oxidation sites excluding steroid dienone is 6. The summed E-state index contributed by atoms with van der Waals surface area (Å²) in [6.07, 6.45) is 15.0. The zero-order valence-electron chi connectivity index (χ0n) is 4.88. The van der Waals surface area contributed by atoms with Crippen molar-refractivity contribution in [3.63, 3.8) is 0 Å². The second-order valence-electron chi connectivity index (χ2n) is 1.82. The number of hydrogen-bond acceptors (Lipinski definition) is 0. The lowest BCUT2D eigenvalue weighted by Gasteiger charge is -1.86. The monoisotopic (exact) mass is 106 g/mol. The van der Waals surface area contributed by atoms with Crippen molar-refractivity contribution in [3.05, 3.63) is 36.5 Å². The summed E-state index contributed by atoms with van der Waals surface area (Å²) < 4.78 is 0.